The first-order chi connectivity index (χ1) is 9.56. The van der Waals surface area contributed by atoms with Gasteiger partial charge in [-0.15, -0.1) is 10.2 Å². The van der Waals surface area contributed by atoms with Crippen molar-refractivity contribution in [3.63, 3.8) is 0 Å². The Morgan fingerprint density at radius 1 is 1.30 bits per heavy atom. The van der Waals surface area contributed by atoms with Crippen LogP contribution in [0.15, 0.2) is 30.6 Å². The first-order valence-corrected chi connectivity index (χ1v) is 6.17. The van der Waals surface area contributed by atoms with Crippen LogP contribution in [-0.2, 0) is 13.6 Å². The zero-order valence-corrected chi connectivity index (χ0v) is 11.3. The number of nitrogens with zero attached hydrogens (tertiary/aromatic N) is 3. The molecule has 1 atom stereocenters. The molecule has 0 aliphatic carbocycles. The first-order valence-electron chi connectivity index (χ1n) is 6.17. The predicted molar refractivity (Wildman–Crippen MR) is 69.3 cm³/mol. The molecule has 108 valence electrons. The molecule has 5 nitrogen and oxygen atoms in total. The lowest BCUT2D eigenvalue weighted by molar-refractivity contribution is -0.0498. The van der Waals surface area contributed by atoms with Crippen molar-refractivity contribution in [2.45, 2.75) is 26.1 Å². The second kappa shape index (κ2) is 6.42. The number of halogens is 2. The van der Waals surface area contributed by atoms with E-state index in [4.69, 9.17) is 0 Å². The van der Waals surface area contributed by atoms with Crippen LogP contribution in [0.5, 0.6) is 5.75 Å². The Morgan fingerprint density at radius 3 is 2.55 bits per heavy atom. The Balaban J connectivity index is 1.89. The van der Waals surface area contributed by atoms with Gasteiger partial charge in [0.2, 0.25) is 0 Å². The van der Waals surface area contributed by atoms with Gasteiger partial charge < -0.3 is 14.6 Å². The molecule has 1 aromatic heterocycles. The standard InChI is InChI=1S/C13H16F2N4O/c1-9(12-18-17-8-19(12)2)16-7-10-3-5-11(6-4-10)20-13(14)15/h3-6,8-9,13,16H,7H2,1-2H3. The first kappa shape index (κ1) is 14.4. The van der Waals surface area contributed by atoms with E-state index in [0.717, 1.165) is 11.4 Å². The number of hydrogen-bond acceptors (Lipinski definition) is 4. The maximum atomic E-state index is 12.0. The molecule has 7 heteroatoms. The third-order valence-corrected chi connectivity index (χ3v) is 2.89. The maximum absolute atomic E-state index is 12.0. The summed E-state index contributed by atoms with van der Waals surface area (Å²) in [4.78, 5) is 0. The molecule has 0 fully saturated rings. The molecule has 2 rings (SSSR count). The van der Waals surface area contributed by atoms with Gasteiger partial charge in [0.1, 0.15) is 17.9 Å². The van der Waals surface area contributed by atoms with Crippen molar-refractivity contribution in [2.24, 2.45) is 7.05 Å². The summed E-state index contributed by atoms with van der Waals surface area (Å²) in [5.74, 6) is 0.993. The molecule has 0 bridgehead atoms. The minimum Gasteiger partial charge on any atom is -0.435 e. The van der Waals surface area contributed by atoms with E-state index in [1.54, 1.807) is 18.5 Å². The van der Waals surface area contributed by atoms with Gasteiger partial charge in [-0.1, -0.05) is 12.1 Å². The van der Waals surface area contributed by atoms with E-state index in [-0.39, 0.29) is 11.8 Å². The fourth-order valence-corrected chi connectivity index (χ4v) is 1.84. The Morgan fingerprint density at radius 2 is 2.00 bits per heavy atom. The number of ether oxygens (including phenoxy) is 1. The monoisotopic (exact) mass is 282 g/mol. The topological polar surface area (TPSA) is 52.0 Å². The fourth-order valence-electron chi connectivity index (χ4n) is 1.84. The van der Waals surface area contributed by atoms with Crippen LogP contribution in [-0.4, -0.2) is 21.4 Å². The average molecular weight is 282 g/mol. The van der Waals surface area contributed by atoms with Crippen LogP contribution in [0.1, 0.15) is 24.4 Å². The number of nitrogens with one attached hydrogen (secondary N) is 1. The van der Waals surface area contributed by atoms with Gasteiger partial charge in [0.25, 0.3) is 0 Å². The largest absolute Gasteiger partial charge is 0.435 e. The lowest BCUT2D eigenvalue weighted by atomic mass is 10.2. The van der Waals surface area contributed by atoms with Crippen molar-refractivity contribution in [1.82, 2.24) is 20.1 Å². The summed E-state index contributed by atoms with van der Waals surface area (Å²) < 4.78 is 30.2. The summed E-state index contributed by atoms with van der Waals surface area (Å²) in [6, 6.07) is 6.58. The predicted octanol–water partition coefficient (Wildman–Crippen LogP) is 2.27. The summed E-state index contributed by atoms with van der Waals surface area (Å²) in [7, 11) is 1.88. The normalized spacial score (nSPS) is 12.7. The van der Waals surface area contributed by atoms with Crippen LogP contribution in [0.4, 0.5) is 8.78 Å². The molecule has 1 heterocycles. The smallest absolute Gasteiger partial charge is 0.387 e. The molecule has 1 aromatic carbocycles. The maximum Gasteiger partial charge on any atom is 0.387 e. The van der Waals surface area contributed by atoms with Crippen molar-refractivity contribution in [1.29, 1.82) is 0 Å². The number of rotatable bonds is 6. The van der Waals surface area contributed by atoms with E-state index in [9.17, 15) is 8.78 Å². The minimum atomic E-state index is -2.80. The van der Waals surface area contributed by atoms with Gasteiger partial charge in [-0.25, -0.2) is 0 Å². The van der Waals surface area contributed by atoms with Gasteiger partial charge in [0.15, 0.2) is 0 Å². The number of aromatic nitrogens is 3. The van der Waals surface area contributed by atoms with Crippen molar-refractivity contribution in [3.8, 4) is 5.75 Å². The highest BCUT2D eigenvalue weighted by Crippen LogP contribution is 2.15. The summed E-state index contributed by atoms with van der Waals surface area (Å²) >= 11 is 0. The SMILES string of the molecule is CC(NCc1ccc(OC(F)F)cc1)c1nncn1C. The van der Waals surface area contributed by atoms with E-state index in [1.807, 2.05) is 18.5 Å². The molecule has 0 radical (unpaired) electrons. The highest BCUT2D eigenvalue weighted by atomic mass is 19.3. The minimum absolute atomic E-state index is 0.0412. The second-order valence-electron chi connectivity index (χ2n) is 4.43. The molecule has 0 aliphatic rings. The summed E-state index contributed by atoms with van der Waals surface area (Å²) in [5, 5.41) is 11.1. The number of benzene rings is 1. The summed E-state index contributed by atoms with van der Waals surface area (Å²) in [6.45, 7) is -0.212. The molecule has 1 unspecified atom stereocenters. The molecule has 0 spiro atoms. The number of alkyl halides is 2. The third-order valence-electron chi connectivity index (χ3n) is 2.89. The van der Waals surface area contributed by atoms with E-state index >= 15 is 0 Å². The molecule has 20 heavy (non-hydrogen) atoms. The average Bonchev–Trinajstić information content (AvgIpc) is 2.83. The quantitative estimate of drug-likeness (QED) is 0.883. The van der Waals surface area contributed by atoms with Crippen molar-refractivity contribution >= 4 is 0 Å². The van der Waals surface area contributed by atoms with E-state index in [0.29, 0.717) is 6.54 Å². The van der Waals surface area contributed by atoms with E-state index < -0.39 is 6.61 Å². The van der Waals surface area contributed by atoms with Crippen LogP contribution >= 0.6 is 0 Å². The van der Waals surface area contributed by atoms with E-state index in [2.05, 4.69) is 20.3 Å². The second-order valence-corrected chi connectivity index (χ2v) is 4.43. The van der Waals surface area contributed by atoms with Gasteiger partial charge in [-0.2, -0.15) is 8.78 Å². The highest BCUT2D eigenvalue weighted by molar-refractivity contribution is 5.27. The van der Waals surface area contributed by atoms with Gasteiger partial charge >= 0.3 is 6.61 Å². The van der Waals surface area contributed by atoms with Gasteiger partial charge in [-0.3, -0.25) is 0 Å². The van der Waals surface area contributed by atoms with Crippen LogP contribution < -0.4 is 10.1 Å². The molecule has 0 amide bonds. The van der Waals surface area contributed by atoms with E-state index in [1.165, 1.54) is 12.1 Å². The number of aryl methyl sites for hydroxylation is 1. The van der Waals surface area contributed by atoms with Crippen molar-refractivity contribution in [2.75, 3.05) is 0 Å². The Hall–Kier alpha value is -2.02. The van der Waals surface area contributed by atoms with Gasteiger partial charge in [0.05, 0.1) is 6.04 Å². The summed E-state index contributed by atoms with van der Waals surface area (Å²) in [5.41, 5.74) is 0.973. The fraction of sp³-hybridized carbons (Fsp3) is 0.385. The number of hydrogen-bond donors (Lipinski definition) is 1. The lowest BCUT2D eigenvalue weighted by Crippen LogP contribution is -2.21. The molecule has 0 aliphatic heterocycles. The lowest BCUT2D eigenvalue weighted by Gasteiger charge is -2.13. The Bertz CT molecular complexity index is 542. The zero-order valence-electron chi connectivity index (χ0n) is 11.3. The highest BCUT2D eigenvalue weighted by Gasteiger charge is 2.10. The summed E-state index contributed by atoms with van der Waals surface area (Å²) in [6.07, 6.45) is 1.64. The van der Waals surface area contributed by atoms with Crippen molar-refractivity contribution < 1.29 is 13.5 Å². The van der Waals surface area contributed by atoms with Gasteiger partial charge in [0, 0.05) is 13.6 Å². The molecule has 0 saturated heterocycles. The molecular weight excluding hydrogens is 266 g/mol. The Labute approximate surface area is 115 Å². The Kier molecular flexibility index (Phi) is 4.62. The van der Waals surface area contributed by atoms with Gasteiger partial charge in [-0.05, 0) is 24.6 Å². The molecule has 1 N–H and O–H groups in total. The molecule has 0 saturated carbocycles. The molecule has 2 aromatic rings. The van der Waals surface area contributed by atoms with Crippen LogP contribution in [0.3, 0.4) is 0 Å². The van der Waals surface area contributed by atoms with Crippen LogP contribution in [0, 0.1) is 0 Å². The van der Waals surface area contributed by atoms with Crippen molar-refractivity contribution in [3.05, 3.63) is 42.0 Å². The zero-order chi connectivity index (χ0) is 14.5. The van der Waals surface area contributed by atoms with Crippen LogP contribution in [0.2, 0.25) is 0 Å². The van der Waals surface area contributed by atoms with Crippen LogP contribution in [0.25, 0.3) is 0 Å². The molecular formula is C13H16F2N4O. The third kappa shape index (κ3) is 3.74.